The Kier molecular flexibility index (Phi) is 10.5. The van der Waals surface area contributed by atoms with Crippen molar-refractivity contribution in [3.8, 4) is 5.75 Å². The molecular formula is C18H26BrIN4OS. The molecular weight excluding hydrogens is 527 g/mol. The molecule has 2 N–H and O–H groups in total. The number of hydrogen-bond acceptors (Lipinski definition) is 4. The predicted octanol–water partition coefficient (Wildman–Crippen LogP) is 4.32. The molecule has 2 rings (SSSR count). The van der Waals surface area contributed by atoms with Crippen LogP contribution in [0.2, 0.25) is 0 Å². The van der Waals surface area contributed by atoms with Crippen LogP contribution >= 0.6 is 51.2 Å². The normalized spacial score (nSPS) is 12.3. The van der Waals surface area contributed by atoms with Gasteiger partial charge in [-0.25, -0.2) is 4.98 Å². The van der Waals surface area contributed by atoms with E-state index in [1.807, 2.05) is 38.1 Å². The quantitative estimate of drug-likeness (QED) is 0.305. The van der Waals surface area contributed by atoms with E-state index in [0.717, 1.165) is 39.8 Å². The van der Waals surface area contributed by atoms with Crippen molar-refractivity contribution in [1.82, 2.24) is 15.6 Å². The molecule has 1 aromatic heterocycles. The number of halogens is 2. The van der Waals surface area contributed by atoms with Crippen LogP contribution in [0.5, 0.6) is 5.75 Å². The molecule has 2 aromatic rings. The number of nitrogens with one attached hydrogen (secondary N) is 2. The minimum Gasteiger partial charge on any atom is -0.488 e. The summed E-state index contributed by atoms with van der Waals surface area (Å²) in [5, 5.41) is 7.76. The van der Waals surface area contributed by atoms with Crippen LogP contribution in [0.4, 0.5) is 0 Å². The Morgan fingerprint density at radius 3 is 2.65 bits per heavy atom. The van der Waals surface area contributed by atoms with Gasteiger partial charge >= 0.3 is 0 Å². The number of para-hydroxylation sites is 1. The molecule has 144 valence electrons. The molecule has 8 heteroatoms. The van der Waals surface area contributed by atoms with Gasteiger partial charge in [-0.3, -0.25) is 4.99 Å². The second kappa shape index (κ2) is 11.8. The Bertz CT molecular complexity index is 723. The molecule has 26 heavy (non-hydrogen) atoms. The molecule has 5 nitrogen and oxygen atoms in total. The fourth-order valence-corrected chi connectivity index (χ4v) is 3.67. The molecule has 0 spiro atoms. The number of guanidine groups is 1. The van der Waals surface area contributed by atoms with Gasteiger partial charge in [-0.05, 0) is 48.8 Å². The van der Waals surface area contributed by atoms with Crippen molar-refractivity contribution >= 4 is 57.2 Å². The lowest BCUT2D eigenvalue weighted by Crippen LogP contribution is -2.42. The van der Waals surface area contributed by atoms with Crippen molar-refractivity contribution in [2.24, 2.45) is 4.99 Å². The number of thiazole rings is 1. The zero-order valence-electron chi connectivity index (χ0n) is 15.5. The Hall–Kier alpha value is -0.870. The van der Waals surface area contributed by atoms with E-state index in [4.69, 9.17) is 4.74 Å². The molecule has 0 bridgehead atoms. The molecule has 1 aromatic carbocycles. The van der Waals surface area contributed by atoms with Crippen molar-refractivity contribution in [2.45, 2.75) is 33.3 Å². The summed E-state index contributed by atoms with van der Waals surface area (Å²) in [5.74, 6) is 1.62. The van der Waals surface area contributed by atoms with Crippen LogP contribution in [-0.2, 0) is 6.42 Å². The second-order valence-electron chi connectivity index (χ2n) is 5.73. The first-order valence-corrected chi connectivity index (χ1v) is 9.89. The first-order valence-electron chi connectivity index (χ1n) is 8.28. The number of aromatic nitrogens is 1. The topological polar surface area (TPSA) is 58.5 Å². The largest absolute Gasteiger partial charge is 0.488 e. The Morgan fingerprint density at radius 2 is 2.04 bits per heavy atom. The number of nitrogens with zero attached hydrogens (tertiary/aromatic N) is 2. The maximum atomic E-state index is 5.93. The third kappa shape index (κ3) is 7.40. The van der Waals surface area contributed by atoms with Crippen molar-refractivity contribution in [1.29, 1.82) is 0 Å². The summed E-state index contributed by atoms with van der Waals surface area (Å²) in [6.45, 7) is 7.62. The molecule has 0 amide bonds. The molecule has 1 atom stereocenters. The van der Waals surface area contributed by atoms with Crippen LogP contribution in [0.3, 0.4) is 0 Å². The average molecular weight is 553 g/mol. The molecule has 0 aliphatic carbocycles. The molecule has 0 aliphatic rings. The van der Waals surface area contributed by atoms with Gasteiger partial charge in [0.25, 0.3) is 0 Å². The van der Waals surface area contributed by atoms with Gasteiger partial charge < -0.3 is 15.4 Å². The van der Waals surface area contributed by atoms with Gasteiger partial charge in [0, 0.05) is 24.9 Å². The van der Waals surface area contributed by atoms with Gasteiger partial charge in [0.2, 0.25) is 0 Å². The Balaban J connectivity index is 0.00000338. The molecule has 0 aliphatic heterocycles. The number of aliphatic imine (C=N–C) groups is 1. The third-order valence-corrected chi connectivity index (χ3v) is 5.38. The smallest absolute Gasteiger partial charge is 0.191 e. The van der Waals surface area contributed by atoms with E-state index >= 15 is 0 Å². The van der Waals surface area contributed by atoms with Gasteiger partial charge in [-0.2, -0.15) is 0 Å². The lowest BCUT2D eigenvalue weighted by Gasteiger charge is -2.18. The standard InChI is InChI=1S/C18H25BrN4OS.HI/c1-12(24-16-8-6-5-7-15(16)19)11-22-18(20-4)21-10-9-17-13(2)23-14(3)25-17;/h5-8,12H,9-11H2,1-4H3,(H2,20,21,22);1H. The van der Waals surface area contributed by atoms with E-state index in [-0.39, 0.29) is 30.1 Å². The molecule has 1 heterocycles. The molecule has 0 saturated carbocycles. The number of ether oxygens (including phenoxy) is 1. The summed E-state index contributed by atoms with van der Waals surface area (Å²) in [4.78, 5) is 10.0. The maximum Gasteiger partial charge on any atom is 0.191 e. The van der Waals surface area contributed by atoms with Crippen LogP contribution < -0.4 is 15.4 Å². The summed E-state index contributed by atoms with van der Waals surface area (Å²) >= 11 is 5.26. The SMILES string of the molecule is CN=C(NCCc1sc(C)nc1C)NCC(C)Oc1ccccc1Br.I. The fraction of sp³-hybridized carbons (Fsp3) is 0.444. The first-order chi connectivity index (χ1) is 12.0. The van der Waals surface area contributed by atoms with Gasteiger partial charge in [0.15, 0.2) is 5.96 Å². The highest BCUT2D eigenvalue weighted by Gasteiger charge is 2.08. The minimum absolute atomic E-state index is 0. The third-order valence-electron chi connectivity index (χ3n) is 3.59. The summed E-state index contributed by atoms with van der Waals surface area (Å²) in [5.41, 5.74) is 1.13. The van der Waals surface area contributed by atoms with E-state index in [1.54, 1.807) is 18.4 Å². The Labute approximate surface area is 185 Å². The van der Waals surface area contributed by atoms with Crippen molar-refractivity contribution in [3.63, 3.8) is 0 Å². The molecule has 1 unspecified atom stereocenters. The lowest BCUT2D eigenvalue weighted by molar-refractivity contribution is 0.222. The van der Waals surface area contributed by atoms with Gasteiger partial charge in [0.1, 0.15) is 11.9 Å². The van der Waals surface area contributed by atoms with E-state index < -0.39 is 0 Å². The van der Waals surface area contributed by atoms with E-state index in [0.29, 0.717) is 6.54 Å². The number of hydrogen-bond donors (Lipinski definition) is 2. The van der Waals surface area contributed by atoms with Crippen molar-refractivity contribution < 1.29 is 4.74 Å². The number of aryl methyl sites for hydroxylation is 2. The van der Waals surface area contributed by atoms with Crippen molar-refractivity contribution in [3.05, 3.63) is 44.3 Å². The summed E-state index contributed by atoms with van der Waals surface area (Å²) in [6.07, 6.45) is 0.963. The fourth-order valence-electron chi connectivity index (χ4n) is 2.36. The zero-order chi connectivity index (χ0) is 18.2. The van der Waals surface area contributed by atoms with Crippen molar-refractivity contribution in [2.75, 3.05) is 20.1 Å². The Morgan fingerprint density at radius 1 is 1.31 bits per heavy atom. The number of benzene rings is 1. The van der Waals surface area contributed by atoms with Crippen LogP contribution in [0, 0.1) is 13.8 Å². The second-order valence-corrected chi connectivity index (χ2v) is 7.87. The van der Waals surface area contributed by atoms with E-state index in [9.17, 15) is 0 Å². The average Bonchev–Trinajstić information content (AvgIpc) is 2.90. The summed E-state index contributed by atoms with van der Waals surface area (Å²) < 4.78 is 6.89. The highest BCUT2D eigenvalue weighted by Crippen LogP contribution is 2.24. The predicted molar refractivity (Wildman–Crippen MR) is 124 cm³/mol. The summed E-state index contributed by atoms with van der Waals surface area (Å²) in [6, 6.07) is 7.86. The molecule has 0 fully saturated rings. The maximum absolute atomic E-state index is 5.93. The molecule has 0 radical (unpaired) electrons. The van der Waals surface area contributed by atoms with Crippen LogP contribution in [0.1, 0.15) is 22.5 Å². The zero-order valence-corrected chi connectivity index (χ0v) is 20.2. The monoisotopic (exact) mass is 552 g/mol. The first kappa shape index (κ1) is 23.2. The van der Waals surface area contributed by atoms with Gasteiger partial charge in [-0.15, -0.1) is 35.3 Å². The molecule has 0 saturated heterocycles. The van der Waals surface area contributed by atoms with E-state index in [2.05, 4.69) is 43.5 Å². The summed E-state index contributed by atoms with van der Waals surface area (Å²) in [7, 11) is 1.77. The number of rotatable bonds is 7. The van der Waals surface area contributed by atoms with E-state index in [1.165, 1.54) is 4.88 Å². The van der Waals surface area contributed by atoms with Crippen LogP contribution in [0.15, 0.2) is 33.7 Å². The van der Waals surface area contributed by atoms with Gasteiger partial charge in [0.05, 0.1) is 21.7 Å². The highest BCUT2D eigenvalue weighted by molar-refractivity contribution is 14.0. The van der Waals surface area contributed by atoms with Crippen LogP contribution in [-0.4, -0.2) is 37.2 Å². The lowest BCUT2D eigenvalue weighted by atomic mass is 10.3. The van der Waals surface area contributed by atoms with Gasteiger partial charge in [-0.1, -0.05) is 12.1 Å². The minimum atomic E-state index is 0. The highest BCUT2D eigenvalue weighted by atomic mass is 127. The van der Waals surface area contributed by atoms with Crippen LogP contribution in [0.25, 0.3) is 0 Å².